The Bertz CT molecular complexity index is 3200. The summed E-state index contributed by atoms with van der Waals surface area (Å²) in [6, 6.07) is -19.7. The number of hydrogen-bond donors (Lipinski definition) is 0. The normalized spacial score (nSPS) is 19.8. The van der Waals surface area contributed by atoms with Gasteiger partial charge in [0.25, 0.3) is 0 Å². The number of anilines is 3. The van der Waals surface area contributed by atoms with E-state index in [0.717, 1.165) is 0 Å². The quantitative estimate of drug-likeness (QED) is 0.221. The third-order valence-corrected chi connectivity index (χ3v) is 6.91. The van der Waals surface area contributed by atoms with Gasteiger partial charge in [0.1, 0.15) is 11.2 Å². The molecule has 0 aliphatic heterocycles. The highest BCUT2D eigenvalue weighted by molar-refractivity contribution is 7.26. The molecule has 0 radical (unpaired) electrons. The molecule has 2 aromatic heterocycles. The molecule has 0 spiro atoms. The van der Waals surface area contributed by atoms with Crippen molar-refractivity contribution in [2.75, 3.05) is 4.90 Å². The standard InChI is InChI=1S/C36H23NOS/c1-2-10-24(11-3-1)25-20-22-26(23-21-25)37(29-14-8-17-32-35(29)27-12-4-6-16-31(27)38-32)30-15-9-19-34-36(30)28-13-5-7-18-33(28)39-34/h1-23H/i1D,2D,3D,4D,5D,6D,7D,8D,9D,10D,11D,12D,13D,14D,15D,16D,17D,18D,19D,20D,21D,22D,23D. The van der Waals surface area contributed by atoms with Crippen molar-refractivity contribution in [1.82, 2.24) is 0 Å². The Morgan fingerprint density at radius 1 is 0.487 bits per heavy atom. The second kappa shape index (κ2) is 8.87. The molecule has 8 rings (SSSR count). The van der Waals surface area contributed by atoms with E-state index < -0.39 is 194 Å². The maximum absolute atomic E-state index is 9.48. The number of hydrogen-bond acceptors (Lipinski definition) is 3. The van der Waals surface area contributed by atoms with Crippen molar-refractivity contribution in [2.24, 2.45) is 0 Å². The lowest BCUT2D eigenvalue weighted by Crippen LogP contribution is -2.10. The summed E-state index contributed by atoms with van der Waals surface area (Å²) in [6.45, 7) is 0. The zero-order valence-corrected chi connectivity index (χ0v) is 20.1. The highest BCUT2D eigenvalue weighted by Crippen LogP contribution is 2.47. The second-order valence-electron chi connectivity index (χ2n) is 8.03. The van der Waals surface area contributed by atoms with Crippen molar-refractivity contribution in [3.63, 3.8) is 0 Å². The molecule has 8 aromatic rings. The first-order valence-electron chi connectivity index (χ1n) is 22.7. The van der Waals surface area contributed by atoms with E-state index in [9.17, 15) is 8.22 Å². The lowest BCUT2D eigenvalue weighted by Gasteiger charge is -2.27. The topological polar surface area (TPSA) is 16.4 Å². The number of furan rings is 1. The third kappa shape index (κ3) is 3.55. The van der Waals surface area contributed by atoms with Crippen LogP contribution in [-0.4, -0.2) is 0 Å². The fraction of sp³-hybridized carbons (Fsp3) is 0. The van der Waals surface area contributed by atoms with Gasteiger partial charge in [0, 0.05) is 31.2 Å². The molecule has 2 nitrogen and oxygen atoms in total. The Labute approximate surface area is 262 Å². The van der Waals surface area contributed by atoms with E-state index in [2.05, 4.69) is 0 Å². The molecule has 3 heteroatoms. The van der Waals surface area contributed by atoms with Gasteiger partial charge in [-0.3, -0.25) is 0 Å². The summed E-state index contributed by atoms with van der Waals surface area (Å²) in [5.41, 5.74) is -5.13. The first-order valence-corrected chi connectivity index (χ1v) is 12.1. The molecule has 0 unspecified atom stereocenters. The van der Waals surface area contributed by atoms with Crippen molar-refractivity contribution < 1.29 is 35.9 Å². The van der Waals surface area contributed by atoms with Gasteiger partial charge >= 0.3 is 0 Å². The summed E-state index contributed by atoms with van der Waals surface area (Å²) >= 11 is 0.622. The fourth-order valence-electron chi connectivity index (χ4n) is 4.28. The first-order chi connectivity index (χ1) is 28.9. The minimum Gasteiger partial charge on any atom is -0.456 e. The van der Waals surface area contributed by atoms with Crippen LogP contribution in [-0.2, 0) is 0 Å². The Kier molecular flexibility index (Phi) is 2.07. The van der Waals surface area contributed by atoms with E-state index in [-0.39, 0.29) is 14.8 Å². The van der Waals surface area contributed by atoms with E-state index in [4.69, 9.17) is 27.7 Å². The zero-order chi connectivity index (χ0) is 45.8. The van der Waals surface area contributed by atoms with Crippen LogP contribution in [0.5, 0.6) is 0 Å². The summed E-state index contributed by atoms with van der Waals surface area (Å²) in [5.74, 6) is 0. The van der Waals surface area contributed by atoms with Crippen molar-refractivity contribution in [2.45, 2.75) is 0 Å². The number of thiophene rings is 1. The number of fused-ring (bicyclic) bond motifs is 6. The number of rotatable bonds is 4. The third-order valence-electron chi connectivity index (χ3n) is 5.89. The summed E-state index contributed by atoms with van der Waals surface area (Å²) in [7, 11) is 0. The molecule has 0 saturated heterocycles. The summed E-state index contributed by atoms with van der Waals surface area (Å²) in [6.07, 6.45) is 0. The van der Waals surface area contributed by atoms with Gasteiger partial charge in [0.2, 0.25) is 0 Å². The van der Waals surface area contributed by atoms with Crippen LogP contribution < -0.4 is 4.90 Å². The van der Waals surface area contributed by atoms with Crippen molar-refractivity contribution >= 4 is 70.5 Å². The van der Waals surface area contributed by atoms with Crippen LogP contribution in [0.3, 0.4) is 0 Å². The Balaban J connectivity index is 1.70. The van der Waals surface area contributed by atoms with E-state index in [1.54, 1.807) is 0 Å². The summed E-state index contributed by atoms with van der Waals surface area (Å²) in [5, 5.41) is -1.77. The summed E-state index contributed by atoms with van der Waals surface area (Å²) < 4.78 is 208. The maximum Gasteiger partial charge on any atom is 0.137 e. The molecular weight excluding hydrogens is 494 g/mol. The van der Waals surface area contributed by atoms with Gasteiger partial charge in [0.15, 0.2) is 0 Å². The van der Waals surface area contributed by atoms with Crippen molar-refractivity contribution in [3.8, 4) is 11.1 Å². The zero-order valence-electron chi connectivity index (χ0n) is 42.3. The fourth-order valence-corrected chi connectivity index (χ4v) is 5.24. The average molecular weight is 541 g/mol. The monoisotopic (exact) mass is 540 g/mol. The molecule has 0 fully saturated rings. The van der Waals surface area contributed by atoms with Gasteiger partial charge in [0.05, 0.1) is 48.3 Å². The lowest BCUT2D eigenvalue weighted by atomic mass is 10.0. The predicted molar refractivity (Wildman–Crippen MR) is 167 cm³/mol. The molecular formula is C36H23NOS. The number of para-hydroxylation sites is 1. The molecule has 6 aromatic carbocycles. The highest BCUT2D eigenvalue weighted by atomic mass is 32.1. The van der Waals surface area contributed by atoms with Crippen LogP contribution in [0, 0.1) is 0 Å². The molecule has 0 amide bonds. The predicted octanol–water partition coefficient (Wildman–Crippen LogP) is 11.1. The van der Waals surface area contributed by atoms with E-state index in [1.165, 1.54) is 0 Å². The molecule has 0 saturated carbocycles. The summed E-state index contributed by atoms with van der Waals surface area (Å²) in [4.78, 5) is 0.667. The molecule has 0 aliphatic carbocycles. The minimum absolute atomic E-state index is 0.177. The van der Waals surface area contributed by atoms with Gasteiger partial charge in [-0.15, -0.1) is 11.3 Å². The highest BCUT2D eigenvalue weighted by Gasteiger charge is 2.22. The van der Waals surface area contributed by atoms with Gasteiger partial charge < -0.3 is 9.32 Å². The molecule has 184 valence electrons. The molecule has 0 atom stereocenters. The second-order valence-corrected chi connectivity index (χ2v) is 9.05. The van der Waals surface area contributed by atoms with E-state index in [1.807, 2.05) is 0 Å². The molecule has 0 aliphatic rings. The van der Waals surface area contributed by atoms with E-state index >= 15 is 0 Å². The van der Waals surface area contributed by atoms with Crippen LogP contribution in [0.25, 0.3) is 53.2 Å². The van der Waals surface area contributed by atoms with Gasteiger partial charge in [-0.1, -0.05) is 90.6 Å². The van der Waals surface area contributed by atoms with Crippen LogP contribution >= 0.6 is 11.3 Å². The van der Waals surface area contributed by atoms with Crippen LogP contribution in [0.2, 0.25) is 0 Å². The van der Waals surface area contributed by atoms with Crippen molar-refractivity contribution in [3.05, 3.63) is 139 Å². The van der Waals surface area contributed by atoms with Gasteiger partial charge in [-0.05, 0) is 59.5 Å². The molecule has 0 N–H and O–H groups in total. The van der Waals surface area contributed by atoms with Crippen LogP contribution in [0.4, 0.5) is 17.1 Å². The number of nitrogens with zero attached hydrogens (tertiary/aromatic N) is 1. The largest absolute Gasteiger partial charge is 0.456 e. The Morgan fingerprint density at radius 2 is 1.10 bits per heavy atom. The molecule has 39 heavy (non-hydrogen) atoms. The first kappa shape index (κ1) is 9.11. The Hall–Kier alpha value is -4.86. The van der Waals surface area contributed by atoms with Gasteiger partial charge in [-0.25, -0.2) is 0 Å². The van der Waals surface area contributed by atoms with Gasteiger partial charge in [-0.2, -0.15) is 0 Å². The average Bonchev–Trinajstić information content (AvgIpc) is 3.84. The molecule has 0 bridgehead atoms. The van der Waals surface area contributed by atoms with Crippen molar-refractivity contribution in [1.29, 1.82) is 0 Å². The van der Waals surface area contributed by atoms with Crippen LogP contribution in [0.15, 0.2) is 143 Å². The van der Waals surface area contributed by atoms with Crippen LogP contribution in [0.1, 0.15) is 31.5 Å². The lowest BCUT2D eigenvalue weighted by molar-refractivity contribution is 0.669. The smallest absolute Gasteiger partial charge is 0.137 e. The van der Waals surface area contributed by atoms with E-state index in [0.29, 0.717) is 16.2 Å². The number of benzene rings is 6. The Morgan fingerprint density at radius 3 is 1.95 bits per heavy atom. The maximum atomic E-state index is 9.48. The SMILES string of the molecule is [2H]c1c([2H])c([2H])c(-c2c([2H])c([2H])c(N(c3c([2H])c([2H])c([2H])c4oc5c([2H])c([2H])c([2H])c([2H])c5c34)c3c([2H])c([2H])c([2H])c4sc5c([2H])c([2H])c([2H])c([2H])c5c34)c([2H])c2[2H])c([2H])c1[2H]. The minimum atomic E-state index is -1.09. The molecule has 2 heterocycles.